The summed E-state index contributed by atoms with van der Waals surface area (Å²) in [5.41, 5.74) is -2.12. The van der Waals surface area contributed by atoms with E-state index < -0.39 is 60.9 Å². The molecule has 0 aliphatic carbocycles. The first-order valence-corrected chi connectivity index (χ1v) is 12.0. The van der Waals surface area contributed by atoms with E-state index in [4.69, 9.17) is 10.00 Å². The molecule has 3 aromatic heterocycles. The first-order chi connectivity index (χ1) is 18.1. The van der Waals surface area contributed by atoms with Crippen molar-refractivity contribution >= 4 is 26.6 Å². The van der Waals surface area contributed by atoms with Gasteiger partial charge in [0.05, 0.1) is 24.6 Å². The zero-order valence-electron chi connectivity index (χ0n) is 19.0. The van der Waals surface area contributed by atoms with Crippen molar-refractivity contribution in [3.05, 3.63) is 71.7 Å². The SMILES string of the molecule is COc1ncc(F)cc1S(=O)(=O)Nc1ccc(F)c(-c2ccc3c(-c4nc(C#N)c[nH]4)n[nH]c3c2F)c1F. The topological polar surface area (TPSA) is 149 Å². The molecule has 10 nitrogen and oxygen atoms in total. The Labute approximate surface area is 211 Å². The summed E-state index contributed by atoms with van der Waals surface area (Å²) in [6.07, 6.45) is 2.05. The molecular weight excluding hydrogens is 530 g/mol. The highest BCUT2D eigenvalue weighted by atomic mass is 32.2. The van der Waals surface area contributed by atoms with E-state index >= 15 is 8.78 Å². The van der Waals surface area contributed by atoms with E-state index in [9.17, 15) is 17.2 Å². The number of hydrogen-bond donors (Lipinski definition) is 3. The average molecular weight is 543 g/mol. The summed E-state index contributed by atoms with van der Waals surface area (Å²) in [7, 11) is -3.57. The number of methoxy groups -OCH3 is 1. The lowest BCUT2D eigenvalue weighted by Gasteiger charge is -2.14. The van der Waals surface area contributed by atoms with Crippen LogP contribution < -0.4 is 9.46 Å². The molecule has 0 spiro atoms. The van der Waals surface area contributed by atoms with Crippen LogP contribution in [0.5, 0.6) is 5.88 Å². The fraction of sp³-hybridized carbons (Fsp3) is 0.0435. The van der Waals surface area contributed by atoms with Crippen LogP contribution in [0, 0.1) is 34.6 Å². The minimum Gasteiger partial charge on any atom is -0.480 e. The number of nitriles is 1. The summed E-state index contributed by atoms with van der Waals surface area (Å²) in [5.74, 6) is -5.00. The van der Waals surface area contributed by atoms with Gasteiger partial charge in [0.1, 0.15) is 28.9 Å². The van der Waals surface area contributed by atoms with Gasteiger partial charge in [0.25, 0.3) is 10.0 Å². The summed E-state index contributed by atoms with van der Waals surface area (Å²) in [4.78, 5) is 9.52. The lowest BCUT2D eigenvalue weighted by molar-refractivity contribution is 0.382. The van der Waals surface area contributed by atoms with Gasteiger partial charge in [0, 0.05) is 23.2 Å². The number of imidazole rings is 1. The number of rotatable bonds is 6. The van der Waals surface area contributed by atoms with Crippen molar-refractivity contribution in [1.29, 1.82) is 5.26 Å². The molecule has 192 valence electrons. The van der Waals surface area contributed by atoms with Crippen molar-refractivity contribution in [3.63, 3.8) is 0 Å². The van der Waals surface area contributed by atoms with Crippen LogP contribution in [0.4, 0.5) is 23.2 Å². The van der Waals surface area contributed by atoms with Gasteiger partial charge in [0.2, 0.25) is 5.88 Å². The average Bonchev–Trinajstić information content (AvgIpc) is 3.54. The Morgan fingerprint density at radius 1 is 1.11 bits per heavy atom. The number of hydrogen-bond acceptors (Lipinski definition) is 7. The van der Waals surface area contributed by atoms with Crippen LogP contribution in [0.25, 0.3) is 33.5 Å². The van der Waals surface area contributed by atoms with Gasteiger partial charge >= 0.3 is 0 Å². The van der Waals surface area contributed by atoms with E-state index in [1.165, 1.54) is 12.3 Å². The van der Waals surface area contributed by atoms with Gasteiger partial charge in [-0.25, -0.2) is 35.9 Å². The standard InChI is InChI=1S/C23H13F4N7O3S/c1-37-23-16(6-10(24)8-30-23)38(35,36)34-15-5-4-14(25)17(19(15)27)12-2-3-13-20(18(12)26)32-33-21(13)22-29-9-11(7-28)31-22/h2-6,8-9,34H,1H3,(H,29,31)(H,32,33). The number of ether oxygens (including phenoxy) is 1. The summed E-state index contributed by atoms with van der Waals surface area (Å²) in [6, 6.07) is 6.40. The van der Waals surface area contributed by atoms with Gasteiger partial charge < -0.3 is 9.72 Å². The largest absolute Gasteiger partial charge is 0.480 e. The highest BCUT2D eigenvalue weighted by Gasteiger charge is 2.27. The van der Waals surface area contributed by atoms with Crippen molar-refractivity contribution in [1.82, 2.24) is 25.1 Å². The molecule has 0 radical (unpaired) electrons. The fourth-order valence-corrected chi connectivity index (χ4v) is 4.95. The fourth-order valence-electron chi connectivity index (χ4n) is 3.76. The number of H-pyrrole nitrogens is 2. The summed E-state index contributed by atoms with van der Waals surface area (Å²) >= 11 is 0. The molecule has 0 saturated carbocycles. The molecule has 0 amide bonds. The molecule has 3 N–H and O–H groups in total. The van der Waals surface area contributed by atoms with E-state index in [0.717, 1.165) is 31.5 Å². The number of aromatic amines is 2. The van der Waals surface area contributed by atoms with Crippen molar-refractivity contribution in [2.75, 3.05) is 11.8 Å². The van der Waals surface area contributed by atoms with E-state index in [2.05, 4.69) is 25.1 Å². The number of pyridine rings is 1. The zero-order chi connectivity index (χ0) is 27.2. The Hall–Kier alpha value is -4.97. The minimum absolute atomic E-state index is 0.0725. The van der Waals surface area contributed by atoms with E-state index in [-0.39, 0.29) is 28.1 Å². The predicted octanol–water partition coefficient (Wildman–Crippen LogP) is 4.25. The number of nitrogens with one attached hydrogen (secondary N) is 3. The van der Waals surface area contributed by atoms with Crippen LogP contribution >= 0.6 is 0 Å². The van der Waals surface area contributed by atoms with Gasteiger partial charge in [-0.15, -0.1) is 0 Å². The lowest BCUT2D eigenvalue weighted by atomic mass is 10.0. The number of benzene rings is 2. The number of sulfonamides is 1. The number of halogens is 4. The Morgan fingerprint density at radius 2 is 1.89 bits per heavy atom. The van der Waals surface area contributed by atoms with E-state index in [1.807, 2.05) is 10.8 Å². The third-order valence-electron chi connectivity index (χ3n) is 5.47. The Bertz CT molecular complexity index is 1880. The van der Waals surface area contributed by atoms with Gasteiger partial charge in [-0.05, 0) is 18.2 Å². The second-order valence-corrected chi connectivity index (χ2v) is 9.37. The molecule has 0 aliphatic rings. The maximum Gasteiger partial charge on any atom is 0.267 e. The first-order valence-electron chi connectivity index (χ1n) is 10.5. The number of anilines is 1. The van der Waals surface area contributed by atoms with Crippen LogP contribution in [-0.2, 0) is 10.0 Å². The van der Waals surface area contributed by atoms with Crippen LogP contribution in [0.15, 0.2) is 47.6 Å². The third kappa shape index (κ3) is 4.06. The van der Waals surface area contributed by atoms with Crippen LogP contribution in [0.3, 0.4) is 0 Å². The molecule has 0 saturated heterocycles. The van der Waals surface area contributed by atoms with Crippen LogP contribution in [0.2, 0.25) is 0 Å². The molecular formula is C23H13F4N7O3S. The third-order valence-corrected chi connectivity index (χ3v) is 6.83. The highest BCUT2D eigenvalue weighted by molar-refractivity contribution is 7.92. The molecule has 0 bridgehead atoms. The Morgan fingerprint density at radius 3 is 2.61 bits per heavy atom. The molecule has 38 heavy (non-hydrogen) atoms. The highest BCUT2D eigenvalue weighted by Crippen LogP contribution is 2.37. The summed E-state index contributed by atoms with van der Waals surface area (Å²) in [6.45, 7) is 0. The molecule has 2 aromatic carbocycles. The van der Waals surface area contributed by atoms with E-state index in [1.54, 1.807) is 0 Å². The van der Waals surface area contributed by atoms with Gasteiger partial charge in [-0.1, -0.05) is 6.07 Å². The second-order valence-electron chi connectivity index (χ2n) is 7.72. The molecule has 5 rings (SSSR count). The van der Waals surface area contributed by atoms with Crippen molar-refractivity contribution in [2.45, 2.75) is 4.90 Å². The summed E-state index contributed by atoms with van der Waals surface area (Å²) in [5, 5.41) is 15.6. The molecule has 0 atom stereocenters. The van der Waals surface area contributed by atoms with Crippen molar-refractivity contribution in [3.8, 4) is 34.6 Å². The number of aromatic nitrogens is 5. The smallest absolute Gasteiger partial charge is 0.267 e. The monoisotopic (exact) mass is 543 g/mol. The molecule has 5 aromatic rings. The summed E-state index contributed by atoms with van der Waals surface area (Å²) < 4.78 is 91.9. The van der Waals surface area contributed by atoms with Crippen molar-refractivity contribution < 1.29 is 30.7 Å². The quantitative estimate of drug-likeness (QED) is 0.271. The predicted molar refractivity (Wildman–Crippen MR) is 125 cm³/mol. The zero-order valence-corrected chi connectivity index (χ0v) is 19.8. The normalized spacial score (nSPS) is 11.5. The second kappa shape index (κ2) is 9.16. The molecule has 3 heterocycles. The Balaban J connectivity index is 1.59. The first kappa shape index (κ1) is 24.7. The molecule has 0 fully saturated rings. The number of nitrogens with zero attached hydrogens (tertiary/aromatic N) is 4. The van der Waals surface area contributed by atoms with Crippen LogP contribution in [-0.4, -0.2) is 40.7 Å². The molecule has 0 unspecified atom stereocenters. The minimum atomic E-state index is -4.67. The van der Waals surface area contributed by atoms with Crippen molar-refractivity contribution in [2.24, 2.45) is 0 Å². The number of fused-ring (bicyclic) bond motifs is 1. The van der Waals surface area contributed by atoms with Gasteiger partial charge in [0.15, 0.2) is 28.0 Å². The van der Waals surface area contributed by atoms with Gasteiger partial charge in [-0.2, -0.15) is 10.4 Å². The molecule has 0 aliphatic heterocycles. The van der Waals surface area contributed by atoms with Crippen LogP contribution in [0.1, 0.15) is 5.69 Å². The lowest BCUT2D eigenvalue weighted by Crippen LogP contribution is -2.16. The maximum absolute atomic E-state index is 15.5. The molecule has 15 heteroatoms. The van der Waals surface area contributed by atoms with E-state index in [0.29, 0.717) is 6.07 Å². The Kier molecular flexibility index (Phi) is 5.96. The maximum atomic E-state index is 15.5. The van der Waals surface area contributed by atoms with Gasteiger partial charge in [-0.3, -0.25) is 9.82 Å².